The molecule has 146 valence electrons. The maximum absolute atomic E-state index is 12.5. The van der Waals surface area contributed by atoms with E-state index in [1.54, 1.807) is 13.2 Å². The number of ether oxygens (including phenoxy) is 1. The van der Waals surface area contributed by atoms with Crippen LogP contribution < -0.4 is 10.1 Å². The number of anilines is 1. The van der Waals surface area contributed by atoms with Gasteiger partial charge in [-0.05, 0) is 29.8 Å². The van der Waals surface area contributed by atoms with Gasteiger partial charge in [-0.25, -0.2) is 4.98 Å². The van der Waals surface area contributed by atoms with E-state index in [4.69, 9.17) is 9.72 Å². The number of methoxy groups -OCH3 is 1. The van der Waals surface area contributed by atoms with Crippen LogP contribution in [0.3, 0.4) is 0 Å². The van der Waals surface area contributed by atoms with Crippen LogP contribution in [0.4, 0.5) is 5.69 Å². The molecular formula is C23H21N3O2S. The number of imidazole rings is 1. The van der Waals surface area contributed by atoms with Crippen LogP contribution in [0.15, 0.2) is 84.0 Å². The third kappa shape index (κ3) is 4.60. The Balaban J connectivity index is 1.51. The fourth-order valence-electron chi connectivity index (χ4n) is 3.11. The van der Waals surface area contributed by atoms with Gasteiger partial charge in [0.15, 0.2) is 5.16 Å². The van der Waals surface area contributed by atoms with E-state index in [0.29, 0.717) is 18.0 Å². The molecule has 1 aromatic heterocycles. The molecule has 0 radical (unpaired) electrons. The van der Waals surface area contributed by atoms with Gasteiger partial charge in [-0.3, -0.25) is 4.79 Å². The van der Waals surface area contributed by atoms with Crippen molar-refractivity contribution in [2.45, 2.75) is 11.7 Å². The van der Waals surface area contributed by atoms with Gasteiger partial charge in [0.1, 0.15) is 5.75 Å². The number of nitrogens with zero attached hydrogens (tertiary/aromatic N) is 2. The van der Waals surface area contributed by atoms with Gasteiger partial charge in [-0.2, -0.15) is 0 Å². The van der Waals surface area contributed by atoms with Gasteiger partial charge in [0, 0.05) is 11.8 Å². The van der Waals surface area contributed by atoms with E-state index >= 15 is 0 Å². The number of rotatable bonds is 7. The molecule has 0 atom stereocenters. The molecule has 6 heteroatoms. The maximum atomic E-state index is 12.5. The van der Waals surface area contributed by atoms with Gasteiger partial charge in [-0.1, -0.05) is 60.3 Å². The van der Waals surface area contributed by atoms with E-state index < -0.39 is 0 Å². The number of aromatic nitrogens is 2. The second-order valence-corrected chi connectivity index (χ2v) is 7.47. The minimum atomic E-state index is -0.0819. The van der Waals surface area contributed by atoms with Crippen LogP contribution in [0.2, 0.25) is 0 Å². The van der Waals surface area contributed by atoms with Crippen molar-refractivity contribution in [3.8, 4) is 5.75 Å². The number of thioether (sulfide) groups is 1. The van der Waals surface area contributed by atoms with Crippen molar-refractivity contribution < 1.29 is 9.53 Å². The lowest BCUT2D eigenvalue weighted by Crippen LogP contribution is -2.14. The summed E-state index contributed by atoms with van der Waals surface area (Å²) < 4.78 is 7.36. The fourth-order valence-corrected chi connectivity index (χ4v) is 3.92. The summed E-state index contributed by atoms with van der Waals surface area (Å²) >= 11 is 1.44. The lowest BCUT2D eigenvalue weighted by molar-refractivity contribution is -0.113. The third-order valence-electron chi connectivity index (χ3n) is 4.49. The van der Waals surface area contributed by atoms with E-state index in [1.165, 1.54) is 17.3 Å². The number of para-hydroxylation sites is 2. The summed E-state index contributed by atoms with van der Waals surface area (Å²) in [6.45, 7) is 0.710. The summed E-state index contributed by atoms with van der Waals surface area (Å²) in [5.41, 5.74) is 3.90. The molecule has 3 aromatic carbocycles. The van der Waals surface area contributed by atoms with Crippen LogP contribution in [0.1, 0.15) is 5.56 Å². The Morgan fingerprint density at radius 3 is 2.66 bits per heavy atom. The van der Waals surface area contributed by atoms with Gasteiger partial charge >= 0.3 is 0 Å². The SMILES string of the molecule is COc1cccc(NC(=O)CSc2nc3ccccc3n2Cc2ccccc2)c1. The number of benzene rings is 3. The molecule has 1 heterocycles. The monoisotopic (exact) mass is 403 g/mol. The number of hydrogen-bond donors (Lipinski definition) is 1. The number of hydrogen-bond acceptors (Lipinski definition) is 4. The topological polar surface area (TPSA) is 56.1 Å². The van der Waals surface area contributed by atoms with Gasteiger partial charge in [0.05, 0.1) is 30.4 Å². The first-order valence-corrected chi connectivity index (χ1v) is 10.3. The molecule has 4 aromatic rings. The summed E-state index contributed by atoms with van der Waals surface area (Å²) in [6, 6.07) is 25.6. The number of carbonyl (C=O) groups excluding carboxylic acids is 1. The van der Waals surface area contributed by atoms with E-state index in [-0.39, 0.29) is 11.7 Å². The Morgan fingerprint density at radius 1 is 1.03 bits per heavy atom. The van der Waals surface area contributed by atoms with E-state index in [0.717, 1.165) is 16.2 Å². The quantitative estimate of drug-likeness (QED) is 0.449. The average Bonchev–Trinajstić information content (AvgIpc) is 3.10. The highest BCUT2D eigenvalue weighted by molar-refractivity contribution is 7.99. The van der Waals surface area contributed by atoms with Crippen LogP contribution in [0.5, 0.6) is 5.75 Å². The smallest absolute Gasteiger partial charge is 0.234 e. The van der Waals surface area contributed by atoms with Crippen molar-refractivity contribution in [3.63, 3.8) is 0 Å². The molecule has 4 rings (SSSR count). The highest BCUT2D eigenvalue weighted by Crippen LogP contribution is 2.25. The molecule has 5 nitrogen and oxygen atoms in total. The standard InChI is InChI=1S/C23H21N3O2S/c1-28-19-11-7-10-18(14-19)24-22(27)16-29-23-25-20-12-5-6-13-21(20)26(23)15-17-8-3-2-4-9-17/h2-14H,15-16H2,1H3,(H,24,27). The molecule has 0 spiro atoms. The van der Waals surface area contributed by atoms with E-state index in [2.05, 4.69) is 28.1 Å². The predicted octanol–water partition coefficient (Wildman–Crippen LogP) is 4.82. The van der Waals surface area contributed by atoms with Crippen molar-refractivity contribution in [3.05, 3.63) is 84.4 Å². The Labute approximate surface area is 173 Å². The van der Waals surface area contributed by atoms with Gasteiger partial charge in [0.2, 0.25) is 5.91 Å². The zero-order chi connectivity index (χ0) is 20.1. The minimum absolute atomic E-state index is 0.0819. The summed E-state index contributed by atoms with van der Waals surface area (Å²) in [6.07, 6.45) is 0. The Kier molecular flexibility index (Phi) is 5.81. The lowest BCUT2D eigenvalue weighted by Gasteiger charge is -2.10. The summed E-state index contributed by atoms with van der Waals surface area (Å²) in [7, 11) is 1.61. The molecule has 0 aliphatic heterocycles. The molecule has 0 fully saturated rings. The molecule has 29 heavy (non-hydrogen) atoms. The first-order chi connectivity index (χ1) is 14.2. The minimum Gasteiger partial charge on any atom is -0.497 e. The first-order valence-electron chi connectivity index (χ1n) is 9.29. The second-order valence-electron chi connectivity index (χ2n) is 6.52. The Bertz CT molecular complexity index is 1130. The molecule has 0 unspecified atom stereocenters. The highest BCUT2D eigenvalue weighted by atomic mass is 32.2. The van der Waals surface area contributed by atoms with Crippen molar-refractivity contribution in [2.75, 3.05) is 18.2 Å². The van der Waals surface area contributed by atoms with Crippen LogP contribution in [-0.2, 0) is 11.3 Å². The second kappa shape index (κ2) is 8.84. The van der Waals surface area contributed by atoms with Gasteiger partial charge in [0.25, 0.3) is 0 Å². The molecule has 1 N–H and O–H groups in total. The molecule has 0 aliphatic rings. The number of fused-ring (bicyclic) bond motifs is 1. The molecular weight excluding hydrogens is 382 g/mol. The first kappa shape index (κ1) is 19.1. The van der Waals surface area contributed by atoms with Crippen molar-refractivity contribution in [1.29, 1.82) is 0 Å². The van der Waals surface area contributed by atoms with Crippen molar-refractivity contribution in [1.82, 2.24) is 9.55 Å². The number of carbonyl (C=O) groups is 1. The number of nitrogens with one attached hydrogen (secondary N) is 1. The molecule has 0 aliphatic carbocycles. The lowest BCUT2D eigenvalue weighted by atomic mass is 10.2. The fraction of sp³-hybridized carbons (Fsp3) is 0.130. The Hall–Kier alpha value is -3.25. The van der Waals surface area contributed by atoms with E-state index in [1.807, 2.05) is 54.6 Å². The number of amides is 1. The van der Waals surface area contributed by atoms with Crippen LogP contribution in [0, 0.1) is 0 Å². The third-order valence-corrected chi connectivity index (χ3v) is 5.47. The summed E-state index contributed by atoms with van der Waals surface area (Å²) in [5.74, 6) is 0.900. The zero-order valence-corrected chi connectivity index (χ0v) is 16.9. The summed E-state index contributed by atoms with van der Waals surface area (Å²) in [4.78, 5) is 17.2. The van der Waals surface area contributed by atoms with Crippen LogP contribution >= 0.6 is 11.8 Å². The average molecular weight is 404 g/mol. The summed E-state index contributed by atoms with van der Waals surface area (Å²) in [5, 5.41) is 3.74. The zero-order valence-electron chi connectivity index (χ0n) is 16.0. The largest absolute Gasteiger partial charge is 0.497 e. The van der Waals surface area contributed by atoms with Crippen molar-refractivity contribution >= 4 is 34.4 Å². The normalized spacial score (nSPS) is 10.8. The molecule has 0 bridgehead atoms. The maximum Gasteiger partial charge on any atom is 0.234 e. The van der Waals surface area contributed by atoms with Crippen molar-refractivity contribution in [2.24, 2.45) is 0 Å². The van der Waals surface area contributed by atoms with Crippen LogP contribution in [-0.4, -0.2) is 28.3 Å². The molecule has 0 saturated heterocycles. The Morgan fingerprint density at radius 2 is 1.83 bits per heavy atom. The van der Waals surface area contributed by atoms with E-state index in [9.17, 15) is 4.79 Å². The van der Waals surface area contributed by atoms with Gasteiger partial charge in [-0.15, -0.1) is 0 Å². The van der Waals surface area contributed by atoms with Crippen LogP contribution in [0.25, 0.3) is 11.0 Å². The predicted molar refractivity (Wildman–Crippen MR) is 118 cm³/mol. The highest BCUT2D eigenvalue weighted by Gasteiger charge is 2.13. The molecule has 0 saturated carbocycles. The molecule has 1 amide bonds. The van der Waals surface area contributed by atoms with Gasteiger partial charge < -0.3 is 14.6 Å².